The largest absolute Gasteiger partial charge is 0.426 e. The quantitative estimate of drug-likeness (QED) is 0.803. The molecule has 1 aromatic heterocycles. The SMILES string of the molecule is CC(C)(N)C(=O)c1ccsc1C(F)(F)F. The zero-order valence-corrected chi connectivity index (χ0v) is 9.00. The van der Waals surface area contributed by atoms with E-state index in [1.807, 2.05) is 0 Å². The molecule has 0 saturated carbocycles. The topological polar surface area (TPSA) is 43.1 Å². The monoisotopic (exact) mass is 237 g/mol. The molecule has 0 atom stereocenters. The van der Waals surface area contributed by atoms with Crippen LogP contribution in [0.5, 0.6) is 0 Å². The fourth-order valence-corrected chi connectivity index (χ4v) is 1.82. The van der Waals surface area contributed by atoms with Gasteiger partial charge in [-0.25, -0.2) is 0 Å². The standard InChI is InChI=1S/C9H10F3NOS/c1-8(2,13)6(14)5-3-4-15-7(5)9(10,11)12/h3-4H,13H2,1-2H3. The van der Waals surface area contributed by atoms with Gasteiger partial charge in [0, 0.05) is 5.56 Å². The fourth-order valence-electron chi connectivity index (χ4n) is 1.05. The van der Waals surface area contributed by atoms with Crippen molar-refractivity contribution in [2.75, 3.05) is 0 Å². The van der Waals surface area contributed by atoms with Gasteiger partial charge in [-0.1, -0.05) is 0 Å². The molecular weight excluding hydrogens is 227 g/mol. The summed E-state index contributed by atoms with van der Waals surface area (Å²) in [5.74, 6) is -0.698. The smallest absolute Gasteiger partial charge is 0.319 e. The molecule has 0 aliphatic rings. The number of hydrogen-bond donors (Lipinski definition) is 1. The number of nitrogens with two attached hydrogens (primary N) is 1. The van der Waals surface area contributed by atoms with Crippen LogP contribution in [-0.4, -0.2) is 11.3 Å². The summed E-state index contributed by atoms with van der Waals surface area (Å²) in [6, 6.07) is 1.16. The van der Waals surface area contributed by atoms with Gasteiger partial charge in [0.05, 0.1) is 5.54 Å². The Balaban J connectivity index is 3.18. The highest BCUT2D eigenvalue weighted by atomic mass is 32.1. The third-order valence-corrected chi connectivity index (χ3v) is 2.71. The van der Waals surface area contributed by atoms with Gasteiger partial charge in [-0.2, -0.15) is 13.2 Å². The van der Waals surface area contributed by atoms with E-state index < -0.39 is 22.4 Å². The van der Waals surface area contributed by atoms with Crippen molar-refractivity contribution < 1.29 is 18.0 Å². The average molecular weight is 237 g/mol. The predicted octanol–water partition coefficient (Wildman–Crippen LogP) is 2.69. The van der Waals surface area contributed by atoms with Crippen LogP contribution in [0.15, 0.2) is 11.4 Å². The molecule has 1 rings (SSSR count). The number of hydrogen-bond acceptors (Lipinski definition) is 3. The number of carbonyl (C=O) groups excluding carboxylic acids is 1. The van der Waals surface area contributed by atoms with Crippen LogP contribution in [0.1, 0.15) is 29.1 Å². The van der Waals surface area contributed by atoms with Crippen LogP contribution in [0.4, 0.5) is 13.2 Å². The number of halogens is 3. The van der Waals surface area contributed by atoms with Crippen molar-refractivity contribution in [3.8, 4) is 0 Å². The number of thiophene rings is 1. The molecule has 84 valence electrons. The minimum atomic E-state index is -4.50. The van der Waals surface area contributed by atoms with Crippen LogP contribution < -0.4 is 5.73 Å². The van der Waals surface area contributed by atoms with E-state index in [0.717, 1.165) is 6.07 Å². The maximum absolute atomic E-state index is 12.4. The van der Waals surface area contributed by atoms with E-state index >= 15 is 0 Å². The number of carbonyl (C=O) groups is 1. The van der Waals surface area contributed by atoms with E-state index in [0.29, 0.717) is 11.3 Å². The van der Waals surface area contributed by atoms with E-state index in [1.165, 1.54) is 19.2 Å². The number of rotatable bonds is 2. The van der Waals surface area contributed by atoms with Crippen LogP contribution in [0, 0.1) is 0 Å². The van der Waals surface area contributed by atoms with Crippen LogP contribution in [-0.2, 0) is 6.18 Å². The Kier molecular flexibility index (Phi) is 2.93. The minimum absolute atomic E-state index is 0.347. The number of alkyl halides is 3. The lowest BCUT2D eigenvalue weighted by Crippen LogP contribution is -2.41. The van der Waals surface area contributed by atoms with E-state index in [-0.39, 0.29) is 5.56 Å². The Hall–Kier alpha value is -0.880. The van der Waals surface area contributed by atoms with Gasteiger partial charge >= 0.3 is 6.18 Å². The van der Waals surface area contributed by atoms with Crippen molar-refractivity contribution in [2.24, 2.45) is 5.73 Å². The summed E-state index contributed by atoms with van der Waals surface area (Å²) in [4.78, 5) is 10.7. The van der Waals surface area contributed by atoms with Gasteiger partial charge in [-0.3, -0.25) is 4.79 Å². The molecular formula is C9H10F3NOS. The lowest BCUT2D eigenvalue weighted by atomic mass is 9.95. The molecule has 2 nitrogen and oxygen atoms in total. The van der Waals surface area contributed by atoms with Gasteiger partial charge < -0.3 is 5.73 Å². The van der Waals surface area contributed by atoms with Crippen molar-refractivity contribution in [3.05, 3.63) is 21.9 Å². The average Bonchev–Trinajstić information content (AvgIpc) is 2.47. The highest BCUT2D eigenvalue weighted by Gasteiger charge is 2.39. The van der Waals surface area contributed by atoms with Crippen molar-refractivity contribution in [1.29, 1.82) is 0 Å². The molecule has 0 radical (unpaired) electrons. The second-order valence-electron chi connectivity index (χ2n) is 3.71. The number of ketones is 1. The molecule has 0 aliphatic carbocycles. The van der Waals surface area contributed by atoms with Crippen molar-refractivity contribution in [1.82, 2.24) is 0 Å². The lowest BCUT2D eigenvalue weighted by molar-refractivity contribution is -0.134. The molecule has 0 amide bonds. The molecule has 1 aromatic rings. The Morgan fingerprint density at radius 3 is 2.33 bits per heavy atom. The first-order valence-corrected chi connectivity index (χ1v) is 5.00. The summed E-state index contributed by atoms with van der Waals surface area (Å²) in [6.07, 6.45) is -4.50. The van der Waals surface area contributed by atoms with Gasteiger partial charge in [0.25, 0.3) is 0 Å². The molecule has 0 fully saturated rings. The maximum atomic E-state index is 12.4. The molecule has 0 spiro atoms. The van der Waals surface area contributed by atoms with Crippen molar-refractivity contribution >= 4 is 17.1 Å². The Labute approximate surface area is 88.9 Å². The van der Waals surface area contributed by atoms with Gasteiger partial charge in [0.15, 0.2) is 5.78 Å². The summed E-state index contributed by atoms with van der Waals surface area (Å²) in [7, 11) is 0. The van der Waals surface area contributed by atoms with Gasteiger partial charge in [-0.05, 0) is 25.3 Å². The Bertz CT molecular complexity index is 375. The van der Waals surface area contributed by atoms with Crippen LogP contribution in [0.3, 0.4) is 0 Å². The van der Waals surface area contributed by atoms with E-state index in [1.54, 1.807) is 0 Å². The summed E-state index contributed by atoms with van der Waals surface area (Å²) in [5.41, 5.74) is 3.83. The van der Waals surface area contributed by atoms with Crippen molar-refractivity contribution in [3.63, 3.8) is 0 Å². The second-order valence-corrected chi connectivity index (χ2v) is 4.63. The zero-order valence-electron chi connectivity index (χ0n) is 8.18. The van der Waals surface area contributed by atoms with Gasteiger partial charge in [0.1, 0.15) is 4.88 Å². The Morgan fingerprint density at radius 1 is 1.40 bits per heavy atom. The lowest BCUT2D eigenvalue weighted by Gasteiger charge is -2.17. The van der Waals surface area contributed by atoms with Gasteiger partial charge in [0.2, 0.25) is 0 Å². The first kappa shape index (κ1) is 12.2. The van der Waals surface area contributed by atoms with E-state index in [4.69, 9.17) is 5.73 Å². The fraction of sp³-hybridized carbons (Fsp3) is 0.444. The number of Topliss-reactive ketones (excluding diaryl/α,β-unsaturated/α-hetero) is 1. The third-order valence-electron chi connectivity index (χ3n) is 1.75. The highest BCUT2D eigenvalue weighted by molar-refractivity contribution is 7.10. The first-order chi connectivity index (χ1) is 6.64. The van der Waals surface area contributed by atoms with Gasteiger partial charge in [-0.15, -0.1) is 11.3 Å². The molecule has 0 bridgehead atoms. The molecule has 0 unspecified atom stereocenters. The van der Waals surface area contributed by atoms with Crippen LogP contribution >= 0.6 is 11.3 Å². The third kappa shape index (κ3) is 2.57. The summed E-state index contributed by atoms with van der Waals surface area (Å²) >= 11 is 0.500. The van der Waals surface area contributed by atoms with Crippen LogP contribution in [0.25, 0.3) is 0 Å². The normalized spacial score (nSPS) is 12.9. The second kappa shape index (κ2) is 3.61. The molecule has 15 heavy (non-hydrogen) atoms. The first-order valence-electron chi connectivity index (χ1n) is 4.12. The predicted molar refractivity (Wildman–Crippen MR) is 51.9 cm³/mol. The highest BCUT2D eigenvalue weighted by Crippen LogP contribution is 2.36. The molecule has 0 saturated heterocycles. The van der Waals surface area contributed by atoms with E-state index in [9.17, 15) is 18.0 Å². The summed E-state index contributed by atoms with van der Waals surface area (Å²) < 4.78 is 37.3. The van der Waals surface area contributed by atoms with Crippen LogP contribution in [0.2, 0.25) is 0 Å². The summed E-state index contributed by atoms with van der Waals surface area (Å²) in [6.45, 7) is 2.76. The molecule has 0 aliphatic heterocycles. The Morgan fingerprint density at radius 2 is 1.93 bits per heavy atom. The minimum Gasteiger partial charge on any atom is -0.319 e. The molecule has 6 heteroatoms. The van der Waals surface area contributed by atoms with Crippen molar-refractivity contribution in [2.45, 2.75) is 25.6 Å². The summed E-state index contributed by atoms with van der Waals surface area (Å²) in [5, 5.41) is 1.24. The molecule has 0 aromatic carbocycles. The zero-order chi connectivity index (χ0) is 11.9. The maximum Gasteiger partial charge on any atom is 0.426 e. The van der Waals surface area contributed by atoms with E-state index in [2.05, 4.69) is 0 Å². The molecule has 2 N–H and O–H groups in total. The molecule has 1 heterocycles.